The monoisotopic (exact) mass is 478 g/mol. The average Bonchev–Trinajstić information content (AvgIpc) is 2.54. The van der Waals surface area contributed by atoms with Crippen LogP contribution in [0.25, 0.3) is 0 Å². The summed E-state index contributed by atoms with van der Waals surface area (Å²) in [4.78, 5) is 18.2. The molecule has 0 aliphatic carbocycles. The van der Waals surface area contributed by atoms with Crippen molar-refractivity contribution < 1.29 is 4.79 Å². The zero-order valence-electron chi connectivity index (χ0n) is 14.7. The fourth-order valence-electron chi connectivity index (χ4n) is 3.12. The smallest absolute Gasteiger partial charge is 0.217 e. The van der Waals surface area contributed by atoms with Gasteiger partial charge in [-0.05, 0) is 49.8 Å². The lowest BCUT2D eigenvalue weighted by Crippen LogP contribution is -2.47. The number of nitrogens with two attached hydrogens (primary N) is 1. The van der Waals surface area contributed by atoms with Crippen molar-refractivity contribution in [2.24, 2.45) is 16.6 Å². The van der Waals surface area contributed by atoms with Crippen molar-refractivity contribution >= 4 is 47.4 Å². The van der Waals surface area contributed by atoms with Crippen LogP contribution in [0.2, 0.25) is 5.02 Å². The number of rotatable bonds is 6. The topological polar surface area (TPSA) is 70.7 Å². The Bertz CT molecular complexity index is 582. The van der Waals surface area contributed by atoms with Crippen molar-refractivity contribution in [2.45, 2.75) is 32.6 Å². The molecule has 0 aromatic heterocycles. The molecule has 1 aromatic carbocycles. The third-order valence-electron chi connectivity index (χ3n) is 4.19. The number of hydrogen-bond acceptors (Lipinski definition) is 2. The maximum Gasteiger partial charge on any atom is 0.217 e. The van der Waals surface area contributed by atoms with Gasteiger partial charge in [0.2, 0.25) is 5.91 Å². The highest BCUT2D eigenvalue weighted by atomic mass is 127. The highest BCUT2D eigenvalue weighted by molar-refractivity contribution is 14.0. The minimum Gasteiger partial charge on any atom is -0.370 e. The molecule has 2 rings (SSSR count). The Morgan fingerprint density at radius 3 is 2.96 bits per heavy atom. The van der Waals surface area contributed by atoms with Gasteiger partial charge in [-0.2, -0.15) is 0 Å². The Kier molecular flexibility index (Phi) is 10.2. The van der Waals surface area contributed by atoms with Crippen molar-refractivity contribution in [2.75, 3.05) is 26.2 Å². The number of carbonyl (C=O) groups excluding carboxylic acids is 1. The average molecular weight is 479 g/mol. The Hall–Kier alpha value is -1.02. The number of aliphatic imine (C=N–C) groups is 1. The molecule has 0 spiro atoms. The SMILES string of the molecule is CCNC(=NCCc1cccc(Cl)c1)N1CCCC(CC(N)=O)C1.I. The molecule has 0 saturated carbocycles. The summed E-state index contributed by atoms with van der Waals surface area (Å²) in [5.41, 5.74) is 6.53. The first-order valence-corrected chi connectivity index (χ1v) is 9.02. The first kappa shape index (κ1) is 22.0. The van der Waals surface area contributed by atoms with Crippen LogP contribution in [0.4, 0.5) is 0 Å². The zero-order valence-corrected chi connectivity index (χ0v) is 17.8. The van der Waals surface area contributed by atoms with E-state index >= 15 is 0 Å². The Morgan fingerprint density at radius 2 is 2.28 bits per heavy atom. The van der Waals surface area contributed by atoms with Crippen molar-refractivity contribution in [3.8, 4) is 0 Å². The molecule has 1 unspecified atom stereocenters. The van der Waals surface area contributed by atoms with E-state index in [1.165, 1.54) is 5.56 Å². The van der Waals surface area contributed by atoms with Crippen LogP contribution in [0.3, 0.4) is 0 Å². The van der Waals surface area contributed by atoms with Gasteiger partial charge in [-0.3, -0.25) is 9.79 Å². The summed E-state index contributed by atoms with van der Waals surface area (Å²) >= 11 is 6.02. The number of piperidine rings is 1. The molecule has 140 valence electrons. The van der Waals surface area contributed by atoms with E-state index in [0.29, 0.717) is 18.9 Å². The fraction of sp³-hybridized carbons (Fsp3) is 0.556. The van der Waals surface area contributed by atoms with Gasteiger partial charge in [0.15, 0.2) is 5.96 Å². The first-order valence-electron chi connectivity index (χ1n) is 8.64. The maximum absolute atomic E-state index is 11.2. The van der Waals surface area contributed by atoms with Gasteiger partial charge >= 0.3 is 0 Å². The molecule has 1 aliphatic rings. The van der Waals surface area contributed by atoms with Crippen LogP contribution in [0.5, 0.6) is 0 Å². The van der Waals surface area contributed by atoms with Gasteiger partial charge in [0.25, 0.3) is 0 Å². The molecule has 1 heterocycles. The number of halogens is 2. The van der Waals surface area contributed by atoms with Crippen LogP contribution in [0, 0.1) is 5.92 Å². The number of carbonyl (C=O) groups is 1. The highest BCUT2D eigenvalue weighted by Gasteiger charge is 2.23. The van der Waals surface area contributed by atoms with Crippen molar-refractivity contribution in [1.82, 2.24) is 10.2 Å². The van der Waals surface area contributed by atoms with Crippen LogP contribution in [0.15, 0.2) is 29.3 Å². The van der Waals surface area contributed by atoms with E-state index in [2.05, 4.69) is 23.2 Å². The van der Waals surface area contributed by atoms with Crippen molar-refractivity contribution in [3.63, 3.8) is 0 Å². The van der Waals surface area contributed by atoms with Gasteiger partial charge in [0.1, 0.15) is 0 Å². The normalized spacial score (nSPS) is 17.8. The van der Waals surface area contributed by atoms with Crippen LogP contribution >= 0.6 is 35.6 Å². The Labute approximate surface area is 172 Å². The molecular formula is C18H28ClIN4O. The zero-order chi connectivity index (χ0) is 17.4. The molecule has 1 aliphatic heterocycles. The highest BCUT2D eigenvalue weighted by Crippen LogP contribution is 2.19. The molecule has 5 nitrogen and oxygen atoms in total. The van der Waals surface area contributed by atoms with E-state index in [1.807, 2.05) is 18.2 Å². The number of benzene rings is 1. The molecule has 1 fully saturated rings. The third kappa shape index (κ3) is 7.81. The van der Waals surface area contributed by atoms with Gasteiger partial charge in [-0.15, -0.1) is 24.0 Å². The fourth-order valence-corrected chi connectivity index (χ4v) is 3.33. The molecule has 0 bridgehead atoms. The molecule has 1 amide bonds. The van der Waals surface area contributed by atoms with Crippen molar-refractivity contribution in [1.29, 1.82) is 0 Å². The number of hydrogen-bond donors (Lipinski definition) is 2. The van der Waals surface area contributed by atoms with Crippen LogP contribution in [-0.2, 0) is 11.2 Å². The van der Waals surface area contributed by atoms with E-state index in [-0.39, 0.29) is 29.9 Å². The Morgan fingerprint density at radius 1 is 1.48 bits per heavy atom. The number of nitrogens with one attached hydrogen (secondary N) is 1. The molecule has 1 atom stereocenters. The predicted octanol–water partition coefficient (Wildman–Crippen LogP) is 3.05. The van der Waals surface area contributed by atoms with E-state index in [1.54, 1.807) is 0 Å². The summed E-state index contributed by atoms with van der Waals surface area (Å²) in [6.07, 6.45) is 3.43. The third-order valence-corrected chi connectivity index (χ3v) is 4.43. The van der Waals surface area contributed by atoms with E-state index in [9.17, 15) is 4.79 Å². The lowest BCUT2D eigenvalue weighted by Gasteiger charge is -2.34. The van der Waals surface area contributed by atoms with Crippen LogP contribution in [0.1, 0.15) is 31.7 Å². The van der Waals surface area contributed by atoms with Gasteiger partial charge in [-0.25, -0.2) is 0 Å². The molecule has 1 aromatic rings. The van der Waals surface area contributed by atoms with Crippen molar-refractivity contribution in [3.05, 3.63) is 34.9 Å². The molecule has 1 saturated heterocycles. The van der Waals surface area contributed by atoms with Crippen LogP contribution in [-0.4, -0.2) is 42.9 Å². The lowest BCUT2D eigenvalue weighted by molar-refractivity contribution is -0.119. The first-order chi connectivity index (χ1) is 11.6. The molecule has 0 radical (unpaired) electrons. The number of nitrogens with zero attached hydrogens (tertiary/aromatic N) is 2. The van der Waals surface area contributed by atoms with Gasteiger partial charge in [0.05, 0.1) is 0 Å². The van der Waals surface area contributed by atoms with E-state index in [0.717, 1.165) is 49.9 Å². The second-order valence-electron chi connectivity index (χ2n) is 6.24. The second kappa shape index (κ2) is 11.6. The van der Waals surface area contributed by atoms with Gasteiger partial charge < -0.3 is 16.0 Å². The molecule has 25 heavy (non-hydrogen) atoms. The molecular weight excluding hydrogens is 451 g/mol. The number of amides is 1. The number of guanidine groups is 1. The summed E-state index contributed by atoms with van der Waals surface area (Å²) in [6, 6.07) is 7.89. The molecule has 7 heteroatoms. The summed E-state index contributed by atoms with van der Waals surface area (Å²) < 4.78 is 0. The quantitative estimate of drug-likeness (QED) is 0.375. The largest absolute Gasteiger partial charge is 0.370 e. The summed E-state index contributed by atoms with van der Waals surface area (Å²) in [7, 11) is 0. The predicted molar refractivity (Wildman–Crippen MR) is 115 cm³/mol. The summed E-state index contributed by atoms with van der Waals surface area (Å²) in [5, 5.41) is 4.12. The van der Waals surface area contributed by atoms with Gasteiger partial charge in [-0.1, -0.05) is 23.7 Å². The molecule has 3 N–H and O–H groups in total. The summed E-state index contributed by atoms with van der Waals surface area (Å²) in [6.45, 7) is 5.41. The minimum absolute atomic E-state index is 0. The van der Waals surface area contributed by atoms with E-state index in [4.69, 9.17) is 22.3 Å². The standard InChI is InChI=1S/C18H27ClN4O.HI/c1-2-21-18(22-9-8-14-5-3-7-16(19)11-14)23-10-4-6-15(13-23)12-17(20)24;/h3,5,7,11,15H,2,4,6,8-10,12-13H2,1H3,(H2,20,24)(H,21,22);1H. The van der Waals surface area contributed by atoms with Crippen LogP contribution < -0.4 is 11.1 Å². The van der Waals surface area contributed by atoms with E-state index < -0.39 is 0 Å². The maximum atomic E-state index is 11.2. The minimum atomic E-state index is -0.218. The number of primary amides is 1. The summed E-state index contributed by atoms with van der Waals surface area (Å²) in [5.74, 6) is 1.03. The number of likely N-dealkylation sites (tertiary alicyclic amines) is 1. The lowest BCUT2D eigenvalue weighted by atomic mass is 9.95. The second-order valence-corrected chi connectivity index (χ2v) is 6.68. The van der Waals surface area contributed by atoms with Gasteiger partial charge in [0, 0.05) is 37.6 Å². The Balaban J connectivity index is 0.00000312.